The Morgan fingerprint density at radius 2 is 0.940 bits per heavy atom. The summed E-state index contributed by atoms with van der Waals surface area (Å²) in [6.07, 6.45) is 0. The lowest BCUT2D eigenvalue weighted by Gasteiger charge is -2.26. The predicted octanol–water partition coefficient (Wildman–Crippen LogP) is 13.1. The van der Waals surface area contributed by atoms with Gasteiger partial charge in [0.1, 0.15) is 27.8 Å². The van der Waals surface area contributed by atoms with E-state index in [1.165, 1.54) is 0 Å². The molecule has 0 saturated heterocycles. The first-order valence-corrected chi connectivity index (χ1v) is 16.7. The number of furan rings is 2. The molecule has 0 spiro atoms. The fourth-order valence-corrected chi connectivity index (χ4v) is 7.52. The van der Waals surface area contributed by atoms with Crippen molar-refractivity contribution < 1.29 is 13.3 Å². The summed E-state index contributed by atoms with van der Waals surface area (Å²) >= 11 is 0. The highest BCUT2D eigenvalue weighted by molar-refractivity contribution is 6.18. The number of anilines is 3. The van der Waals surface area contributed by atoms with Crippen molar-refractivity contribution in [2.45, 2.75) is 0 Å². The Labute approximate surface area is 285 Å². The van der Waals surface area contributed by atoms with Gasteiger partial charge < -0.3 is 18.2 Å². The van der Waals surface area contributed by atoms with E-state index in [9.17, 15) is 0 Å². The summed E-state index contributed by atoms with van der Waals surface area (Å²) in [5, 5.41) is 8.76. The number of aromatic nitrogens is 1. The van der Waals surface area contributed by atoms with Gasteiger partial charge in [0.05, 0.1) is 0 Å². The Hall–Kier alpha value is -6.85. The molecular weight excluding hydrogens is 617 g/mol. The molecule has 0 fully saturated rings. The zero-order valence-electron chi connectivity index (χ0n) is 26.6. The number of benzene rings is 8. The van der Waals surface area contributed by atoms with Crippen molar-refractivity contribution >= 4 is 93.6 Å². The van der Waals surface area contributed by atoms with Crippen molar-refractivity contribution in [2.75, 3.05) is 4.90 Å². The third-order valence-electron chi connectivity index (χ3n) is 9.86. The molecule has 0 N–H and O–H groups in total. The van der Waals surface area contributed by atoms with Crippen LogP contribution in [0.1, 0.15) is 0 Å². The summed E-state index contributed by atoms with van der Waals surface area (Å²) in [5.74, 6) is 0.620. The number of nitrogens with zero attached hydrogens (tertiary/aromatic N) is 2. The number of rotatable bonds is 4. The van der Waals surface area contributed by atoms with Crippen LogP contribution >= 0.6 is 0 Å². The average Bonchev–Trinajstić information content (AvgIpc) is 3.88. The second-order valence-electron chi connectivity index (χ2n) is 12.8. The van der Waals surface area contributed by atoms with Crippen LogP contribution in [0.5, 0.6) is 0 Å². The number of oxazole rings is 1. The molecule has 5 heteroatoms. The fraction of sp³-hybridized carbons (Fsp3) is 0. The lowest BCUT2D eigenvalue weighted by Crippen LogP contribution is -2.09. The van der Waals surface area contributed by atoms with Gasteiger partial charge in [-0.15, -0.1) is 0 Å². The summed E-state index contributed by atoms with van der Waals surface area (Å²) in [5.41, 5.74) is 9.00. The van der Waals surface area contributed by atoms with E-state index in [2.05, 4.69) is 89.8 Å². The lowest BCUT2D eigenvalue weighted by atomic mass is 10.00. The highest BCUT2D eigenvalue weighted by Gasteiger charge is 2.19. The zero-order chi connectivity index (χ0) is 32.8. The molecule has 0 atom stereocenters. The van der Waals surface area contributed by atoms with Crippen LogP contribution in [0.15, 0.2) is 171 Å². The van der Waals surface area contributed by atoms with E-state index < -0.39 is 0 Å². The van der Waals surface area contributed by atoms with Crippen molar-refractivity contribution in [1.82, 2.24) is 4.98 Å². The number of hydrogen-bond acceptors (Lipinski definition) is 5. The van der Waals surface area contributed by atoms with E-state index >= 15 is 0 Å². The van der Waals surface area contributed by atoms with Crippen LogP contribution in [0.2, 0.25) is 0 Å². The number of para-hydroxylation sites is 2. The first-order chi connectivity index (χ1) is 24.7. The molecule has 0 aliphatic rings. The van der Waals surface area contributed by atoms with Crippen LogP contribution in [-0.4, -0.2) is 4.98 Å². The molecule has 0 radical (unpaired) electrons. The minimum Gasteiger partial charge on any atom is -0.456 e. The lowest BCUT2D eigenvalue weighted by molar-refractivity contribution is 0.623. The molecule has 3 aromatic heterocycles. The topological polar surface area (TPSA) is 55.6 Å². The van der Waals surface area contributed by atoms with Crippen molar-refractivity contribution in [1.29, 1.82) is 0 Å². The highest BCUT2D eigenvalue weighted by atomic mass is 16.3. The normalized spacial score (nSPS) is 12.0. The summed E-state index contributed by atoms with van der Waals surface area (Å²) in [7, 11) is 0. The van der Waals surface area contributed by atoms with Crippen LogP contribution in [0.3, 0.4) is 0 Å². The SMILES string of the molecule is c1ccc(-c2nc3ccc4ccc5cc(N(c6ccc7c(c6)oc6ccccc67)c6ccc7c(c6)oc6ccccc67)ccc5c4c3o2)cc1. The maximum absolute atomic E-state index is 6.48. The summed E-state index contributed by atoms with van der Waals surface area (Å²) in [6, 6.07) is 54.5. The zero-order valence-corrected chi connectivity index (χ0v) is 26.6. The van der Waals surface area contributed by atoms with Crippen LogP contribution in [0.25, 0.3) is 88.0 Å². The average molecular weight is 643 g/mol. The van der Waals surface area contributed by atoms with Crippen molar-refractivity contribution in [3.05, 3.63) is 158 Å². The van der Waals surface area contributed by atoms with Crippen molar-refractivity contribution in [2.24, 2.45) is 0 Å². The van der Waals surface area contributed by atoms with E-state index in [-0.39, 0.29) is 0 Å². The fourth-order valence-electron chi connectivity index (χ4n) is 7.52. The van der Waals surface area contributed by atoms with Gasteiger partial charge in [0.25, 0.3) is 0 Å². The number of fused-ring (bicyclic) bond motifs is 11. The second kappa shape index (κ2) is 10.3. The predicted molar refractivity (Wildman–Crippen MR) is 204 cm³/mol. The highest BCUT2D eigenvalue weighted by Crippen LogP contribution is 2.43. The Kier molecular flexibility index (Phi) is 5.60. The van der Waals surface area contributed by atoms with Crippen LogP contribution in [0.4, 0.5) is 17.1 Å². The molecule has 0 aliphatic heterocycles. The largest absolute Gasteiger partial charge is 0.456 e. The maximum Gasteiger partial charge on any atom is 0.227 e. The smallest absolute Gasteiger partial charge is 0.227 e. The minimum atomic E-state index is 0.620. The summed E-state index contributed by atoms with van der Waals surface area (Å²) in [6.45, 7) is 0. The van der Waals surface area contributed by atoms with E-state index in [0.29, 0.717) is 5.89 Å². The first kappa shape index (κ1) is 27.1. The Morgan fingerprint density at radius 1 is 0.400 bits per heavy atom. The van der Waals surface area contributed by atoms with E-state index in [1.54, 1.807) is 0 Å². The van der Waals surface area contributed by atoms with Gasteiger partial charge in [0, 0.05) is 61.7 Å². The quantitative estimate of drug-likeness (QED) is 0.179. The molecule has 3 heterocycles. The van der Waals surface area contributed by atoms with Gasteiger partial charge >= 0.3 is 0 Å². The van der Waals surface area contributed by atoms with Crippen LogP contribution < -0.4 is 4.90 Å². The monoisotopic (exact) mass is 642 g/mol. The molecule has 0 unspecified atom stereocenters. The van der Waals surface area contributed by atoms with Crippen LogP contribution in [0, 0.1) is 0 Å². The van der Waals surface area contributed by atoms with Crippen molar-refractivity contribution in [3.8, 4) is 11.5 Å². The Balaban J connectivity index is 1.12. The van der Waals surface area contributed by atoms with Gasteiger partial charge in [-0.3, -0.25) is 0 Å². The second-order valence-corrected chi connectivity index (χ2v) is 12.8. The van der Waals surface area contributed by atoms with Gasteiger partial charge in [-0.2, -0.15) is 0 Å². The van der Waals surface area contributed by atoms with E-state index in [1.807, 2.05) is 72.8 Å². The van der Waals surface area contributed by atoms with Gasteiger partial charge in [-0.1, -0.05) is 78.9 Å². The molecule has 11 aromatic rings. The molecule has 8 aromatic carbocycles. The molecule has 5 nitrogen and oxygen atoms in total. The standard InChI is InChI=1S/C45H26N2O3/c1-2-8-28(9-3-1)45-46-38-23-16-27-14-15-29-24-30(17-20-33(29)43(27)44(38)50-45)47(31-18-21-36-34-10-4-6-12-39(34)48-41(36)25-31)32-19-22-37-35-11-5-7-13-40(35)49-42(37)26-32/h1-26H. The third kappa shape index (κ3) is 4.04. The maximum atomic E-state index is 6.48. The molecule has 0 saturated carbocycles. The number of hydrogen-bond donors (Lipinski definition) is 0. The molecule has 11 rings (SSSR count). The van der Waals surface area contributed by atoms with E-state index in [0.717, 1.165) is 99.1 Å². The van der Waals surface area contributed by atoms with Crippen molar-refractivity contribution in [3.63, 3.8) is 0 Å². The first-order valence-electron chi connectivity index (χ1n) is 16.7. The Bertz CT molecular complexity index is 3000. The molecular formula is C45H26N2O3. The molecule has 0 amide bonds. The van der Waals surface area contributed by atoms with Gasteiger partial charge in [0.2, 0.25) is 5.89 Å². The molecule has 0 aliphatic carbocycles. The molecule has 234 valence electrons. The van der Waals surface area contributed by atoms with Gasteiger partial charge in [0.15, 0.2) is 5.58 Å². The van der Waals surface area contributed by atoms with Gasteiger partial charge in [-0.25, -0.2) is 4.98 Å². The van der Waals surface area contributed by atoms with Crippen LogP contribution in [-0.2, 0) is 0 Å². The summed E-state index contributed by atoms with van der Waals surface area (Å²) < 4.78 is 19.2. The molecule has 50 heavy (non-hydrogen) atoms. The summed E-state index contributed by atoms with van der Waals surface area (Å²) in [4.78, 5) is 7.12. The third-order valence-corrected chi connectivity index (χ3v) is 9.86. The van der Waals surface area contributed by atoms with Gasteiger partial charge in [-0.05, 0) is 82.9 Å². The minimum absolute atomic E-state index is 0.620. The Morgan fingerprint density at radius 3 is 1.62 bits per heavy atom. The van der Waals surface area contributed by atoms with E-state index in [4.69, 9.17) is 18.2 Å². The molecule has 0 bridgehead atoms.